The fraction of sp³-hybridized carbons (Fsp3) is 0.0714. The number of nitrogens with two attached hydrogens (primary N) is 2. The van der Waals surface area contributed by atoms with Crippen LogP contribution in [-0.4, -0.2) is 49.5 Å². The van der Waals surface area contributed by atoms with Gasteiger partial charge in [-0.1, -0.05) is 128 Å². The van der Waals surface area contributed by atoms with Gasteiger partial charge in [-0.3, -0.25) is 0 Å². The largest absolute Gasteiger partial charge is 0.494 e. The number of sulfonamides is 2. The van der Waals surface area contributed by atoms with Crippen molar-refractivity contribution in [3.8, 4) is 44.9 Å². The van der Waals surface area contributed by atoms with Gasteiger partial charge in [-0.25, -0.2) is 35.9 Å². The number of hydrogen-bond acceptors (Lipinski definition) is 12. The summed E-state index contributed by atoms with van der Waals surface area (Å²) >= 11 is 6.42. The van der Waals surface area contributed by atoms with Crippen LogP contribution >= 0.6 is 31.9 Å². The summed E-state index contributed by atoms with van der Waals surface area (Å²) in [6.45, 7) is 5.23. The Kier molecular flexibility index (Phi) is 16.2. The molecule has 0 aliphatic carbocycles. The maximum absolute atomic E-state index is 14.1. The molecule has 3 aromatic heterocycles. The second kappa shape index (κ2) is 21.2. The summed E-state index contributed by atoms with van der Waals surface area (Å²) in [6, 6.07) is 35.8. The second-order valence-electron chi connectivity index (χ2n) is 13.1. The van der Waals surface area contributed by atoms with Crippen molar-refractivity contribution in [2.45, 2.75) is 30.6 Å². The molecule has 21 heteroatoms. The van der Waals surface area contributed by atoms with Crippen LogP contribution in [0.2, 0.25) is 0 Å². The third kappa shape index (κ3) is 12.5. The zero-order chi connectivity index (χ0) is 46.1. The summed E-state index contributed by atoms with van der Waals surface area (Å²) in [4.78, 5) is -1.04. The highest BCUT2D eigenvalue weighted by Crippen LogP contribution is 2.35. The van der Waals surface area contributed by atoms with Gasteiger partial charge in [0.2, 0.25) is 20.0 Å². The predicted octanol–water partition coefficient (Wildman–Crippen LogP) is 8.08. The van der Waals surface area contributed by atoms with E-state index in [1.165, 1.54) is 12.1 Å². The molecule has 0 saturated carbocycles. The Hall–Kier alpha value is -5.65. The van der Waals surface area contributed by atoms with Crippen molar-refractivity contribution < 1.29 is 49.2 Å². The zero-order valence-electron chi connectivity index (χ0n) is 33.3. The highest BCUT2D eigenvalue weighted by Gasteiger charge is 2.25. The molecule has 326 valence electrons. The molecular formula is C42H36BBr2F2N5O9S2. The normalized spacial score (nSPS) is 11.0. The van der Waals surface area contributed by atoms with E-state index in [0.29, 0.717) is 44.0 Å². The number of hydrogen-bond donors (Lipinski definition) is 4. The number of primary sulfonamides is 2. The van der Waals surface area contributed by atoms with Gasteiger partial charge in [0, 0.05) is 21.2 Å². The fourth-order valence-corrected chi connectivity index (χ4v) is 7.61. The Labute approximate surface area is 378 Å². The number of rotatable bonds is 7. The number of halogens is 4. The zero-order valence-corrected chi connectivity index (χ0v) is 38.1. The van der Waals surface area contributed by atoms with Crippen LogP contribution in [0.4, 0.5) is 8.78 Å². The van der Waals surface area contributed by atoms with Crippen LogP contribution in [0.3, 0.4) is 0 Å². The van der Waals surface area contributed by atoms with Gasteiger partial charge in [-0.2, -0.15) is 0 Å². The fourth-order valence-electron chi connectivity index (χ4n) is 5.72. The highest BCUT2D eigenvalue weighted by molar-refractivity contribution is 9.10. The minimum atomic E-state index is -4.11. The summed E-state index contributed by atoms with van der Waals surface area (Å²) in [5, 5.41) is 39.9. The van der Waals surface area contributed by atoms with E-state index in [1.54, 1.807) is 13.8 Å². The molecule has 8 rings (SSSR count). The van der Waals surface area contributed by atoms with Gasteiger partial charge >= 0.3 is 7.12 Å². The Balaban J connectivity index is 0.000000165. The van der Waals surface area contributed by atoms with Crippen molar-refractivity contribution in [1.82, 2.24) is 15.5 Å². The average molecular weight is 1030 g/mol. The molecule has 0 unspecified atom stereocenters. The molecule has 0 aliphatic rings. The quantitative estimate of drug-likeness (QED) is 0.111. The van der Waals surface area contributed by atoms with Crippen LogP contribution < -0.4 is 15.7 Å². The lowest BCUT2D eigenvalue weighted by Crippen LogP contribution is -2.32. The van der Waals surface area contributed by atoms with Crippen LogP contribution in [0.1, 0.15) is 17.3 Å². The molecule has 0 atom stereocenters. The van der Waals surface area contributed by atoms with Crippen molar-refractivity contribution in [3.05, 3.63) is 165 Å². The predicted molar refractivity (Wildman–Crippen MR) is 240 cm³/mol. The molecule has 0 spiro atoms. The molecule has 0 bridgehead atoms. The third-order valence-electron chi connectivity index (χ3n) is 8.69. The van der Waals surface area contributed by atoms with E-state index in [0.717, 1.165) is 56.9 Å². The number of aromatic nitrogens is 3. The summed E-state index contributed by atoms with van der Waals surface area (Å²) in [6.07, 6.45) is 0. The molecule has 0 amide bonds. The van der Waals surface area contributed by atoms with Gasteiger partial charge < -0.3 is 23.6 Å². The summed E-state index contributed by atoms with van der Waals surface area (Å²) in [5.74, 6) is -0.0363. The van der Waals surface area contributed by atoms with Crippen molar-refractivity contribution in [3.63, 3.8) is 0 Å². The van der Waals surface area contributed by atoms with Gasteiger partial charge in [-0.15, -0.1) is 0 Å². The van der Waals surface area contributed by atoms with Gasteiger partial charge in [-0.05, 0) is 72.6 Å². The van der Waals surface area contributed by atoms with Gasteiger partial charge in [0.1, 0.15) is 55.8 Å². The van der Waals surface area contributed by atoms with Gasteiger partial charge in [0.15, 0.2) is 0 Å². The molecule has 0 radical (unpaired) electrons. The summed E-state index contributed by atoms with van der Waals surface area (Å²) < 4.78 is 87.6. The van der Waals surface area contributed by atoms with E-state index in [1.807, 2.05) is 97.9 Å². The van der Waals surface area contributed by atoms with E-state index >= 15 is 0 Å². The third-order valence-corrected chi connectivity index (χ3v) is 12.0. The minimum Gasteiger partial charge on any atom is -0.423 e. The van der Waals surface area contributed by atoms with Crippen molar-refractivity contribution >= 4 is 64.5 Å². The standard InChI is InChI=1S/C16H13FN2O3S.C10H10BNO3.C10H8BrNO.C6H5BrFNO2S/c1-10-15(16(19-22-10)11-5-3-2-4-6-11)12-7-8-14(13(17)9-12)23(18,20)21;1-7-9(11(13)14)10(12-15-7)8-5-3-2-4-6-8;1-7-9(11)10(12-13-7)8-5-3-2-4-6-8;7-4-1-2-6(5(8)3-4)12(9,10)11/h2-9H,1H3,(H2,18,20,21);2-6,13-14H,1H3;2-6H,1H3;1-3H,(H2,9,10,11). The first-order chi connectivity index (χ1) is 29.8. The molecule has 14 nitrogen and oxygen atoms in total. The first kappa shape index (κ1) is 48.4. The maximum Gasteiger partial charge on any atom is 0.494 e. The molecular weight excluding hydrogens is 991 g/mol. The van der Waals surface area contributed by atoms with E-state index in [-0.39, 0.29) is 0 Å². The van der Waals surface area contributed by atoms with Gasteiger partial charge in [0.25, 0.3) is 0 Å². The molecule has 8 aromatic rings. The summed E-state index contributed by atoms with van der Waals surface area (Å²) in [7, 11) is -9.62. The minimum absolute atomic E-state index is 0.321. The van der Waals surface area contributed by atoms with E-state index in [2.05, 4.69) is 47.3 Å². The van der Waals surface area contributed by atoms with Crippen LogP contribution in [0.15, 0.2) is 160 Å². The molecule has 3 heterocycles. The Morgan fingerprint density at radius 1 is 0.540 bits per heavy atom. The monoisotopic (exact) mass is 1030 g/mol. The summed E-state index contributed by atoms with van der Waals surface area (Å²) in [5.41, 5.74) is 5.97. The number of aryl methyl sites for hydroxylation is 3. The maximum atomic E-state index is 14.1. The first-order valence-electron chi connectivity index (χ1n) is 18.1. The van der Waals surface area contributed by atoms with Crippen LogP contribution in [-0.2, 0) is 20.0 Å². The van der Waals surface area contributed by atoms with Crippen LogP contribution in [0, 0.1) is 32.4 Å². The second-order valence-corrected chi connectivity index (χ2v) is 17.9. The van der Waals surface area contributed by atoms with Crippen molar-refractivity contribution in [2.24, 2.45) is 10.3 Å². The smallest absolute Gasteiger partial charge is 0.423 e. The Bertz CT molecular complexity index is 3030. The van der Waals surface area contributed by atoms with E-state index < -0.39 is 48.6 Å². The van der Waals surface area contributed by atoms with Crippen molar-refractivity contribution in [2.75, 3.05) is 0 Å². The number of nitrogens with zero attached hydrogens (tertiary/aromatic N) is 3. The van der Waals surface area contributed by atoms with Crippen LogP contribution in [0.25, 0.3) is 44.9 Å². The first-order valence-corrected chi connectivity index (χ1v) is 22.8. The van der Waals surface area contributed by atoms with Crippen molar-refractivity contribution in [1.29, 1.82) is 0 Å². The Morgan fingerprint density at radius 2 is 0.952 bits per heavy atom. The van der Waals surface area contributed by atoms with E-state index in [4.69, 9.17) is 23.8 Å². The SMILES string of the molecule is Cc1onc(-c2ccccc2)c1-c1ccc(S(N)(=O)=O)c(F)c1.Cc1onc(-c2ccccc2)c1B(O)O.Cc1onc(-c2ccccc2)c1Br.NS(=O)(=O)c1ccc(Br)cc1F. The highest BCUT2D eigenvalue weighted by atomic mass is 79.9. The number of benzene rings is 5. The molecule has 63 heavy (non-hydrogen) atoms. The lowest BCUT2D eigenvalue weighted by molar-refractivity contribution is 0.397. The van der Waals surface area contributed by atoms with Gasteiger partial charge in [0.05, 0.1) is 15.5 Å². The average Bonchev–Trinajstić information content (AvgIpc) is 3.93. The molecule has 0 aliphatic heterocycles. The Morgan fingerprint density at radius 3 is 1.40 bits per heavy atom. The molecule has 5 aromatic carbocycles. The lowest BCUT2D eigenvalue weighted by Gasteiger charge is -2.06. The van der Waals surface area contributed by atoms with Crippen LogP contribution in [0.5, 0.6) is 0 Å². The molecule has 0 saturated heterocycles. The lowest BCUT2D eigenvalue weighted by atomic mass is 9.77. The molecule has 6 N–H and O–H groups in total. The topological polar surface area (TPSA) is 239 Å². The molecule has 0 fully saturated rings. The van der Waals surface area contributed by atoms with E-state index in [9.17, 15) is 35.7 Å².